The van der Waals surface area contributed by atoms with Crippen molar-refractivity contribution in [3.8, 4) is 0 Å². The number of thioether (sulfide) groups is 1. The van der Waals surface area contributed by atoms with Crippen molar-refractivity contribution in [1.29, 1.82) is 0 Å². The van der Waals surface area contributed by atoms with Crippen LogP contribution in [0.4, 0.5) is 11.4 Å². The predicted molar refractivity (Wildman–Crippen MR) is 88.7 cm³/mol. The highest BCUT2D eigenvalue weighted by Crippen LogP contribution is 2.25. The van der Waals surface area contributed by atoms with E-state index in [0.717, 1.165) is 6.54 Å². The number of anilines is 2. The summed E-state index contributed by atoms with van der Waals surface area (Å²) in [6, 6.07) is 6.84. The Kier molecular flexibility index (Phi) is 5.90. The summed E-state index contributed by atoms with van der Waals surface area (Å²) in [5, 5.41) is 3.56. The molecule has 1 fully saturated rings. The van der Waals surface area contributed by atoms with Gasteiger partial charge in [-0.25, -0.2) is 0 Å². The van der Waals surface area contributed by atoms with Crippen LogP contribution < -0.4 is 10.2 Å². The molecule has 2 rings (SSSR count). The molecule has 0 radical (unpaired) electrons. The highest BCUT2D eigenvalue weighted by atomic mass is 32.2. The zero-order valence-corrected chi connectivity index (χ0v) is 13.1. The summed E-state index contributed by atoms with van der Waals surface area (Å²) in [4.78, 5) is 2.50. The first-order chi connectivity index (χ1) is 9.31. The number of nitrogens with zero attached hydrogens (tertiary/aromatic N) is 1. The fourth-order valence-electron chi connectivity index (χ4n) is 2.61. The summed E-state index contributed by atoms with van der Waals surface area (Å²) in [7, 11) is 0. The average Bonchev–Trinajstić information content (AvgIpc) is 2.94. The first-order valence-corrected chi connectivity index (χ1v) is 8.79. The number of nitrogens with one attached hydrogen (secondary N) is 1. The minimum absolute atomic E-state index is 1.09. The molecular formula is C16H26N2S. The van der Waals surface area contributed by atoms with Gasteiger partial charge in [0.1, 0.15) is 0 Å². The number of rotatable bonds is 7. The summed E-state index contributed by atoms with van der Waals surface area (Å²) in [5.41, 5.74) is 4.06. The Bertz CT molecular complexity index is 386. The van der Waals surface area contributed by atoms with Gasteiger partial charge in [0.15, 0.2) is 0 Å². The van der Waals surface area contributed by atoms with Crippen LogP contribution in [0.25, 0.3) is 0 Å². The third-order valence-corrected chi connectivity index (χ3v) is 4.47. The van der Waals surface area contributed by atoms with Crippen LogP contribution in [0.5, 0.6) is 0 Å². The molecule has 0 unspecified atom stereocenters. The van der Waals surface area contributed by atoms with Gasteiger partial charge in [0, 0.05) is 31.0 Å². The molecule has 19 heavy (non-hydrogen) atoms. The molecule has 2 nitrogen and oxygen atoms in total. The van der Waals surface area contributed by atoms with E-state index < -0.39 is 0 Å². The van der Waals surface area contributed by atoms with E-state index in [0.29, 0.717) is 0 Å². The summed E-state index contributed by atoms with van der Waals surface area (Å²) in [5.74, 6) is 1.27. The van der Waals surface area contributed by atoms with E-state index in [9.17, 15) is 0 Å². The smallest absolute Gasteiger partial charge is 0.0371 e. The third-order valence-electron chi connectivity index (χ3n) is 3.77. The molecule has 1 saturated heterocycles. The number of aryl methyl sites for hydroxylation is 1. The monoisotopic (exact) mass is 278 g/mol. The number of hydrogen-bond acceptors (Lipinski definition) is 3. The molecule has 1 aliphatic rings. The lowest BCUT2D eigenvalue weighted by molar-refractivity contribution is 0.842. The molecule has 0 amide bonds. The summed E-state index contributed by atoms with van der Waals surface area (Å²) >= 11 is 1.93. The van der Waals surface area contributed by atoms with Gasteiger partial charge in [-0.05, 0) is 68.4 Å². The van der Waals surface area contributed by atoms with Gasteiger partial charge in [-0.1, -0.05) is 0 Å². The second kappa shape index (κ2) is 7.68. The Morgan fingerprint density at radius 1 is 1.21 bits per heavy atom. The molecule has 0 saturated carbocycles. The maximum absolute atomic E-state index is 3.56. The summed E-state index contributed by atoms with van der Waals surface area (Å²) < 4.78 is 0. The van der Waals surface area contributed by atoms with Gasteiger partial charge >= 0.3 is 0 Å². The zero-order chi connectivity index (χ0) is 13.5. The lowest BCUT2D eigenvalue weighted by Crippen LogP contribution is -2.17. The van der Waals surface area contributed by atoms with Gasteiger partial charge < -0.3 is 10.2 Å². The molecule has 106 valence electrons. The molecule has 1 aromatic rings. The third kappa shape index (κ3) is 4.34. The van der Waals surface area contributed by atoms with Crippen molar-refractivity contribution in [3.05, 3.63) is 23.8 Å². The van der Waals surface area contributed by atoms with Crippen molar-refractivity contribution in [2.45, 2.75) is 32.6 Å². The number of hydrogen-bond donors (Lipinski definition) is 1. The van der Waals surface area contributed by atoms with Crippen molar-refractivity contribution in [2.75, 3.05) is 41.9 Å². The molecule has 0 aromatic heterocycles. The molecule has 0 aliphatic carbocycles. The first-order valence-electron chi connectivity index (χ1n) is 7.39. The Morgan fingerprint density at radius 3 is 2.68 bits per heavy atom. The van der Waals surface area contributed by atoms with E-state index in [2.05, 4.69) is 41.6 Å². The van der Waals surface area contributed by atoms with Crippen LogP contribution >= 0.6 is 11.8 Å². The molecule has 1 N–H and O–H groups in total. The van der Waals surface area contributed by atoms with Crippen LogP contribution in [0.1, 0.15) is 31.2 Å². The van der Waals surface area contributed by atoms with Crippen molar-refractivity contribution >= 4 is 23.1 Å². The lowest BCUT2D eigenvalue weighted by atomic mass is 10.1. The largest absolute Gasteiger partial charge is 0.385 e. The topological polar surface area (TPSA) is 15.3 Å². The van der Waals surface area contributed by atoms with E-state index in [1.54, 1.807) is 0 Å². The van der Waals surface area contributed by atoms with E-state index >= 15 is 0 Å². The maximum Gasteiger partial charge on any atom is 0.0371 e. The Labute approximate surface area is 122 Å². The van der Waals surface area contributed by atoms with Crippen LogP contribution in [0, 0.1) is 6.92 Å². The Balaban J connectivity index is 1.84. The van der Waals surface area contributed by atoms with Gasteiger partial charge in [0.2, 0.25) is 0 Å². The van der Waals surface area contributed by atoms with E-state index in [4.69, 9.17) is 0 Å². The molecule has 0 bridgehead atoms. The molecule has 0 spiro atoms. The molecule has 1 heterocycles. The first kappa shape index (κ1) is 14.6. The van der Waals surface area contributed by atoms with Crippen molar-refractivity contribution in [1.82, 2.24) is 0 Å². The maximum atomic E-state index is 3.56. The summed E-state index contributed by atoms with van der Waals surface area (Å²) in [6.45, 7) is 5.75. The van der Waals surface area contributed by atoms with Gasteiger partial charge in [0.05, 0.1) is 0 Å². The Hall–Kier alpha value is -0.830. The quantitative estimate of drug-likeness (QED) is 0.754. The van der Waals surface area contributed by atoms with Crippen LogP contribution in [-0.4, -0.2) is 31.6 Å². The van der Waals surface area contributed by atoms with Crippen LogP contribution in [0.3, 0.4) is 0 Å². The molecule has 3 heteroatoms. The fourth-order valence-corrected chi connectivity index (χ4v) is 3.11. The normalized spacial score (nSPS) is 14.9. The summed E-state index contributed by atoms with van der Waals surface area (Å²) in [6.07, 6.45) is 7.42. The minimum atomic E-state index is 1.09. The van der Waals surface area contributed by atoms with Crippen LogP contribution in [0.15, 0.2) is 18.2 Å². The van der Waals surface area contributed by atoms with Gasteiger partial charge in [-0.2, -0.15) is 11.8 Å². The van der Waals surface area contributed by atoms with E-state index in [1.807, 2.05) is 11.8 Å². The fraction of sp³-hybridized carbons (Fsp3) is 0.625. The van der Waals surface area contributed by atoms with Crippen LogP contribution in [-0.2, 0) is 0 Å². The molecule has 1 aliphatic heterocycles. The molecule has 1 aromatic carbocycles. The predicted octanol–water partition coefficient (Wildman–Crippen LogP) is 4.15. The number of benzene rings is 1. The average molecular weight is 278 g/mol. The van der Waals surface area contributed by atoms with Gasteiger partial charge in [-0.3, -0.25) is 0 Å². The minimum Gasteiger partial charge on any atom is -0.385 e. The van der Waals surface area contributed by atoms with Crippen molar-refractivity contribution < 1.29 is 0 Å². The van der Waals surface area contributed by atoms with Crippen LogP contribution in [0.2, 0.25) is 0 Å². The van der Waals surface area contributed by atoms with E-state index in [1.165, 1.54) is 61.5 Å². The molecule has 0 atom stereocenters. The number of unbranched alkanes of at least 4 members (excludes halogenated alkanes) is 1. The van der Waals surface area contributed by atoms with Gasteiger partial charge in [0.25, 0.3) is 0 Å². The van der Waals surface area contributed by atoms with E-state index in [-0.39, 0.29) is 0 Å². The Morgan fingerprint density at radius 2 is 2.00 bits per heavy atom. The van der Waals surface area contributed by atoms with Crippen molar-refractivity contribution in [2.24, 2.45) is 0 Å². The second-order valence-corrected chi connectivity index (χ2v) is 6.31. The van der Waals surface area contributed by atoms with Gasteiger partial charge in [-0.15, -0.1) is 0 Å². The highest BCUT2D eigenvalue weighted by molar-refractivity contribution is 7.98. The lowest BCUT2D eigenvalue weighted by Gasteiger charge is -2.19. The second-order valence-electron chi connectivity index (χ2n) is 5.32. The zero-order valence-electron chi connectivity index (χ0n) is 12.2. The SMILES string of the molecule is CSCCCCNc1ccc(N2CCCC2)cc1C. The van der Waals surface area contributed by atoms with Crippen molar-refractivity contribution in [3.63, 3.8) is 0 Å². The standard InChI is InChI=1S/C16H26N2S/c1-14-13-15(18-10-4-5-11-18)7-8-16(14)17-9-3-6-12-19-2/h7-8,13,17H,3-6,9-12H2,1-2H3. The molecular weight excluding hydrogens is 252 g/mol. The highest BCUT2D eigenvalue weighted by Gasteiger charge is 2.12.